The van der Waals surface area contributed by atoms with Gasteiger partial charge in [-0.15, -0.1) is 0 Å². The van der Waals surface area contributed by atoms with Crippen molar-refractivity contribution in [3.8, 4) is 0 Å². The van der Waals surface area contributed by atoms with Gasteiger partial charge in [0, 0.05) is 32.7 Å². The Balaban J connectivity index is 1.09. The molecule has 3 aliphatic carbocycles. The number of fused-ring (bicyclic) bond motifs is 1. The van der Waals surface area contributed by atoms with Crippen LogP contribution in [-0.4, -0.2) is 63.8 Å². The fourth-order valence-electron chi connectivity index (χ4n) is 6.12. The predicted molar refractivity (Wildman–Crippen MR) is 101 cm³/mol. The Kier molecular flexibility index (Phi) is 3.56. The quantitative estimate of drug-likeness (QED) is 0.788. The molecular weight excluding hydrogens is 362 g/mol. The zero-order chi connectivity index (χ0) is 18.9. The summed E-state index contributed by atoms with van der Waals surface area (Å²) < 4.78 is 26.8. The zero-order valence-electron chi connectivity index (χ0n) is 16.0. The Hall–Kier alpha value is -1.83. The molecule has 6 nitrogen and oxygen atoms in total. The van der Waals surface area contributed by atoms with E-state index in [9.17, 15) is 8.78 Å². The average molecular weight is 388 g/mol. The number of likely N-dealkylation sites (tertiary alicyclic amines) is 1. The Morgan fingerprint density at radius 3 is 2.50 bits per heavy atom. The number of aromatic nitrogens is 4. The number of halogens is 2. The molecule has 2 aromatic heterocycles. The lowest BCUT2D eigenvalue weighted by molar-refractivity contribution is -0.154. The molecule has 5 fully saturated rings. The third kappa shape index (κ3) is 2.64. The summed E-state index contributed by atoms with van der Waals surface area (Å²) in [5.41, 5.74) is 2.21. The Morgan fingerprint density at radius 2 is 1.86 bits per heavy atom. The van der Waals surface area contributed by atoms with Crippen LogP contribution in [0.25, 0.3) is 11.2 Å². The molecule has 2 aliphatic heterocycles. The van der Waals surface area contributed by atoms with E-state index in [1.165, 1.54) is 62.6 Å². The Morgan fingerprint density at radius 1 is 1.11 bits per heavy atom. The first-order valence-electron chi connectivity index (χ1n) is 10.5. The number of nitrogens with zero attached hydrogens (tertiary/aromatic N) is 6. The van der Waals surface area contributed by atoms with Crippen molar-refractivity contribution in [2.24, 2.45) is 16.7 Å². The standard InChI is InChI=1S/C20H26F2N6/c21-16(22)10-28-18-15(8-24-28)23-9-17(25-18)27-3-1-19(2-4-27)11-26(12-19)13-20-5-14(6-20)7-20/h8-9,14,16H,1-7,10-13H2. The topological polar surface area (TPSA) is 50.1 Å². The van der Waals surface area contributed by atoms with Crippen LogP contribution in [0.4, 0.5) is 14.6 Å². The van der Waals surface area contributed by atoms with Gasteiger partial charge in [-0.2, -0.15) is 5.10 Å². The van der Waals surface area contributed by atoms with Crippen molar-refractivity contribution < 1.29 is 8.78 Å². The molecule has 0 amide bonds. The summed E-state index contributed by atoms with van der Waals surface area (Å²) >= 11 is 0. The maximum atomic E-state index is 12.8. The van der Waals surface area contributed by atoms with E-state index >= 15 is 0 Å². The van der Waals surface area contributed by atoms with E-state index in [1.807, 2.05) is 0 Å². The fraction of sp³-hybridized carbons (Fsp3) is 0.750. The number of alkyl halides is 2. The van der Waals surface area contributed by atoms with Crippen LogP contribution in [0.1, 0.15) is 32.1 Å². The van der Waals surface area contributed by atoms with Crippen molar-refractivity contribution in [2.75, 3.05) is 37.6 Å². The van der Waals surface area contributed by atoms with Crippen LogP contribution < -0.4 is 4.90 Å². The van der Waals surface area contributed by atoms with Gasteiger partial charge in [0.25, 0.3) is 6.43 Å². The molecule has 0 aromatic carbocycles. The van der Waals surface area contributed by atoms with Crippen LogP contribution >= 0.6 is 0 Å². The van der Waals surface area contributed by atoms with E-state index in [0.717, 1.165) is 24.8 Å². The molecule has 1 spiro atoms. The molecule has 8 heteroatoms. The summed E-state index contributed by atoms with van der Waals surface area (Å²) in [6, 6.07) is 0. The van der Waals surface area contributed by atoms with Crippen molar-refractivity contribution in [3.63, 3.8) is 0 Å². The lowest BCUT2D eigenvalue weighted by atomic mass is 9.44. The lowest BCUT2D eigenvalue weighted by Gasteiger charge is -2.66. The maximum Gasteiger partial charge on any atom is 0.258 e. The highest BCUT2D eigenvalue weighted by atomic mass is 19.3. The summed E-state index contributed by atoms with van der Waals surface area (Å²) in [4.78, 5) is 13.9. The summed E-state index contributed by atoms with van der Waals surface area (Å²) in [6.45, 7) is 5.31. The first kappa shape index (κ1) is 17.1. The number of piperidine rings is 1. The fourth-order valence-corrected chi connectivity index (χ4v) is 6.12. The number of anilines is 1. The first-order valence-corrected chi connectivity index (χ1v) is 10.5. The molecule has 0 atom stereocenters. The normalized spacial score (nSPS) is 31.1. The molecule has 2 bridgehead atoms. The van der Waals surface area contributed by atoms with Gasteiger partial charge in [-0.1, -0.05) is 0 Å². The molecule has 0 radical (unpaired) electrons. The van der Waals surface area contributed by atoms with Gasteiger partial charge in [0.1, 0.15) is 17.9 Å². The van der Waals surface area contributed by atoms with Crippen molar-refractivity contribution in [1.29, 1.82) is 0 Å². The van der Waals surface area contributed by atoms with E-state index < -0.39 is 13.0 Å². The molecule has 0 unspecified atom stereocenters. The van der Waals surface area contributed by atoms with Crippen molar-refractivity contribution in [2.45, 2.75) is 45.1 Å². The minimum Gasteiger partial charge on any atom is -0.355 e. The predicted octanol–water partition coefficient (Wildman–Crippen LogP) is 2.79. The summed E-state index contributed by atoms with van der Waals surface area (Å²) in [6.07, 6.45) is 7.60. The highest BCUT2D eigenvalue weighted by Gasteiger charge is 2.58. The molecule has 0 N–H and O–H groups in total. The Labute approximate surface area is 162 Å². The Bertz CT molecular complexity index is 878. The van der Waals surface area contributed by atoms with Crippen molar-refractivity contribution in [3.05, 3.63) is 12.4 Å². The highest BCUT2D eigenvalue weighted by molar-refractivity contribution is 5.71. The van der Waals surface area contributed by atoms with Crippen LogP contribution in [0.5, 0.6) is 0 Å². The molecule has 5 aliphatic rings. The van der Waals surface area contributed by atoms with Gasteiger partial charge in [-0.05, 0) is 48.9 Å². The van der Waals surface area contributed by atoms with Crippen LogP contribution in [0, 0.1) is 16.7 Å². The molecular formula is C20H26F2N6. The van der Waals surface area contributed by atoms with Gasteiger partial charge >= 0.3 is 0 Å². The van der Waals surface area contributed by atoms with E-state index in [4.69, 9.17) is 0 Å². The zero-order valence-corrected chi connectivity index (χ0v) is 16.0. The largest absolute Gasteiger partial charge is 0.355 e. The monoisotopic (exact) mass is 388 g/mol. The number of rotatable bonds is 5. The summed E-state index contributed by atoms with van der Waals surface area (Å²) in [7, 11) is 0. The van der Waals surface area contributed by atoms with E-state index in [-0.39, 0.29) is 0 Å². The van der Waals surface area contributed by atoms with Gasteiger partial charge in [-0.25, -0.2) is 23.4 Å². The highest BCUT2D eigenvalue weighted by Crippen LogP contribution is 2.65. The number of hydrogen-bond donors (Lipinski definition) is 0. The molecule has 28 heavy (non-hydrogen) atoms. The lowest BCUT2D eigenvalue weighted by Crippen LogP contribution is -2.66. The molecule has 2 aromatic rings. The van der Waals surface area contributed by atoms with Gasteiger partial charge in [0.15, 0.2) is 5.65 Å². The van der Waals surface area contributed by atoms with E-state index in [0.29, 0.717) is 22.0 Å². The second kappa shape index (κ2) is 5.84. The second-order valence-corrected chi connectivity index (χ2v) is 9.77. The maximum absolute atomic E-state index is 12.8. The third-order valence-electron chi connectivity index (χ3n) is 7.63. The van der Waals surface area contributed by atoms with E-state index in [2.05, 4.69) is 24.9 Å². The minimum atomic E-state index is -2.45. The van der Waals surface area contributed by atoms with Crippen molar-refractivity contribution in [1.82, 2.24) is 24.6 Å². The molecule has 7 rings (SSSR count). The summed E-state index contributed by atoms with van der Waals surface area (Å²) in [5, 5.41) is 4.01. The molecule has 2 saturated heterocycles. The van der Waals surface area contributed by atoms with Gasteiger partial charge in [0.2, 0.25) is 0 Å². The minimum absolute atomic E-state index is 0.442. The van der Waals surface area contributed by atoms with Gasteiger partial charge in [-0.3, -0.25) is 0 Å². The van der Waals surface area contributed by atoms with Crippen LogP contribution in [-0.2, 0) is 6.54 Å². The smallest absolute Gasteiger partial charge is 0.258 e. The van der Waals surface area contributed by atoms with E-state index in [1.54, 1.807) is 6.20 Å². The summed E-state index contributed by atoms with van der Waals surface area (Å²) in [5.74, 6) is 1.84. The molecule has 4 heterocycles. The molecule has 3 saturated carbocycles. The second-order valence-electron chi connectivity index (χ2n) is 9.77. The van der Waals surface area contributed by atoms with Crippen LogP contribution in [0.15, 0.2) is 12.4 Å². The third-order valence-corrected chi connectivity index (χ3v) is 7.63. The van der Waals surface area contributed by atoms with Crippen molar-refractivity contribution >= 4 is 17.0 Å². The van der Waals surface area contributed by atoms with Crippen LogP contribution in [0.3, 0.4) is 0 Å². The van der Waals surface area contributed by atoms with Crippen LogP contribution in [0.2, 0.25) is 0 Å². The average Bonchev–Trinajstić information content (AvgIpc) is 2.97. The first-order chi connectivity index (χ1) is 13.5. The van der Waals surface area contributed by atoms with Gasteiger partial charge < -0.3 is 9.80 Å². The number of hydrogen-bond acceptors (Lipinski definition) is 5. The SMILES string of the molecule is FC(F)Cn1ncc2ncc(N3CCC4(CC3)CN(CC35CC(C3)C5)C4)nc21. The van der Waals surface area contributed by atoms with Gasteiger partial charge in [0.05, 0.1) is 12.4 Å². The molecule has 150 valence electrons.